The van der Waals surface area contributed by atoms with Crippen molar-refractivity contribution in [3.05, 3.63) is 18.1 Å². The lowest BCUT2D eigenvalue weighted by atomic mass is 10.0. The Morgan fingerprint density at radius 1 is 1.29 bits per heavy atom. The Bertz CT molecular complexity index is 1310. The largest absolute Gasteiger partial charge is 0.387 e. The average Bonchev–Trinajstić information content (AvgIpc) is 3.21. The molecule has 6 rings (SSSR count). The minimum atomic E-state index is -1.14. The van der Waals surface area contributed by atoms with Crippen molar-refractivity contribution in [1.29, 1.82) is 0 Å². The summed E-state index contributed by atoms with van der Waals surface area (Å²) in [4.78, 5) is 34.4. The van der Waals surface area contributed by atoms with Gasteiger partial charge in [-0.1, -0.05) is 11.8 Å². The molecule has 7 N–H and O–H groups in total. The van der Waals surface area contributed by atoms with Gasteiger partial charge in [0.2, 0.25) is 5.91 Å². The molecule has 4 aliphatic heterocycles. The van der Waals surface area contributed by atoms with Crippen molar-refractivity contribution in [2.24, 2.45) is 0 Å². The summed E-state index contributed by atoms with van der Waals surface area (Å²) in [5, 5.41) is 30.6. The number of hydrogen-bond donors (Lipinski definition) is 6. The van der Waals surface area contributed by atoms with Gasteiger partial charge >= 0.3 is 6.03 Å². The Labute approximate surface area is 222 Å². The fraction of sp³-hybridized carbons (Fsp3) is 0.583. The first kappa shape index (κ1) is 25.2. The summed E-state index contributed by atoms with van der Waals surface area (Å²) in [6.45, 7) is 2.59. The van der Waals surface area contributed by atoms with E-state index in [4.69, 9.17) is 10.5 Å². The van der Waals surface area contributed by atoms with E-state index in [0.717, 1.165) is 18.8 Å². The lowest BCUT2D eigenvalue weighted by molar-refractivity contribution is -0.120. The number of aliphatic hydroxyl groups is 2. The molecule has 14 heteroatoms. The summed E-state index contributed by atoms with van der Waals surface area (Å²) in [5.41, 5.74) is 7.11. The van der Waals surface area contributed by atoms with E-state index < -0.39 is 24.5 Å². The Morgan fingerprint density at radius 3 is 2.95 bits per heavy atom. The number of aromatic nitrogens is 3. The second-order valence-corrected chi connectivity index (χ2v) is 11.3. The van der Waals surface area contributed by atoms with Crippen LogP contribution < -0.4 is 21.7 Å². The molecular weight excluding hydrogens is 512 g/mol. The molecule has 2 aromatic heterocycles. The SMILES string of the molecule is Nc1ncnc2c1c(C#CCNC(=O)CCC1SCC3NC(=O)NC31)cn2[C@@H]1O[C@H](CN2CC2)C(O)[C@@H]1O. The van der Waals surface area contributed by atoms with Crippen LogP contribution in [-0.4, -0.2) is 109 Å². The summed E-state index contributed by atoms with van der Waals surface area (Å²) in [5.74, 6) is 6.95. The smallest absolute Gasteiger partial charge is 0.315 e. The second kappa shape index (κ2) is 10.2. The van der Waals surface area contributed by atoms with Crippen molar-refractivity contribution < 1.29 is 24.5 Å². The fourth-order valence-corrected chi connectivity index (χ4v) is 6.80. The van der Waals surface area contributed by atoms with E-state index >= 15 is 0 Å². The molecule has 3 amide bonds. The van der Waals surface area contributed by atoms with Crippen LogP contribution in [0.4, 0.5) is 10.6 Å². The number of thioether (sulfide) groups is 1. The van der Waals surface area contributed by atoms with Gasteiger partial charge in [0.05, 0.1) is 29.6 Å². The monoisotopic (exact) mass is 542 g/mol. The molecule has 0 radical (unpaired) electrons. The summed E-state index contributed by atoms with van der Waals surface area (Å²) in [7, 11) is 0. The minimum absolute atomic E-state index is 0.0649. The number of fused-ring (bicyclic) bond motifs is 2. The Hall–Kier alpha value is -3.09. The van der Waals surface area contributed by atoms with Gasteiger partial charge in [-0.05, 0) is 6.42 Å². The molecule has 4 fully saturated rings. The van der Waals surface area contributed by atoms with E-state index in [1.54, 1.807) is 22.5 Å². The maximum atomic E-state index is 12.4. The Balaban J connectivity index is 1.10. The van der Waals surface area contributed by atoms with Crippen molar-refractivity contribution in [1.82, 2.24) is 35.4 Å². The number of aliphatic hydroxyl groups excluding tert-OH is 2. The number of nitrogens with two attached hydrogens (primary N) is 1. The summed E-state index contributed by atoms with van der Waals surface area (Å²) in [6.07, 6.45) is 0.477. The zero-order valence-electron chi connectivity index (χ0n) is 20.5. The molecule has 0 saturated carbocycles. The van der Waals surface area contributed by atoms with Gasteiger partial charge in [-0.25, -0.2) is 14.8 Å². The predicted molar refractivity (Wildman–Crippen MR) is 139 cm³/mol. The van der Waals surface area contributed by atoms with Crippen molar-refractivity contribution in [3.8, 4) is 11.8 Å². The molecular formula is C24H30N8O5S. The normalized spacial score (nSPS) is 31.9. The summed E-state index contributed by atoms with van der Waals surface area (Å²) in [6, 6.07) is 0.0552. The van der Waals surface area contributed by atoms with Crippen molar-refractivity contribution in [2.75, 3.05) is 37.7 Å². The summed E-state index contributed by atoms with van der Waals surface area (Å²) >= 11 is 1.77. The first-order valence-corrected chi connectivity index (χ1v) is 13.7. The minimum Gasteiger partial charge on any atom is -0.387 e. The maximum absolute atomic E-state index is 12.4. The highest BCUT2D eigenvalue weighted by molar-refractivity contribution is 8.00. The molecule has 2 aromatic rings. The van der Waals surface area contributed by atoms with Gasteiger partial charge in [0.1, 0.15) is 36.1 Å². The standard InChI is InChI=1S/C24H30N8O5S/c25-21-17-12(2-1-5-26-16(33)4-3-15-18-13(10-38-15)29-24(36)30-18)8-32(22(17)28-11-27-21)23-20(35)19(34)14(37-23)9-31-6-7-31/h8,11,13-15,18-20,23,34-35H,3-7,9-10H2,(H,26,33)(H2,25,27,28)(H2,29,30,36)/t13?,14-,15?,18?,19?,20+,23-/m1/s1. The van der Waals surface area contributed by atoms with E-state index in [2.05, 4.69) is 42.7 Å². The molecule has 13 nitrogen and oxygen atoms in total. The molecule has 0 aromatic carbocycles. The number of carbonyl (C=O) groups excluding carboxylic acids is 2. The van der Waals surface area contributed by atoms with Gasteiger partial charge in [-0.3, -0.25) is 9.69 Å². The summed E-state index contributed by atoms with van der Waals surface area (Å²) < 4.78 is 7.66. The number of ether oxygens (including phenoxy) is 1. The third-order valence-electron chi connectivity index (χ3n) is 7.42. The first-order chi connectivity index (χ1) is 18.4. The van der Waals surface area contributed by atoms with Gasteiger partial charge in [0, 0.05) is 43.3 Å². The molecule has 7 atom stereocenters. The van der Waals surface area contributed by atoms with Crippen LogP contribution >= 0.6 is 11.8 Å². The molecule has 202 valence electrons. The number of rotatable bonds is 7. The van der Waals surface area contributed by atoms with Crippen LogP contribution in [0.3, 0.4) is 0 Å². The van der Waals surface area contributed by atoms with Crippen LogP contribution in [0.1, 0.15) is 24.6 Å². The van der Waals surface area contributed by atoms with Gasteiger partial charge < -0.3 is 41.2 Å². The van der Waals surface area contributed by atoms with Crippen LogP contribution in [0.25, 0.3) is 11.0 Å². The molecule has 6 heterocycles. The van der Waals surface area contributed by atoms with Crippen LogP contribution in [-0.2, 0) is 9.53 Å². The molecule has 4 saturated heterocycles. The van der Waals surface area contributed by atoms with Gasteiger partial charge in [-0.15, -0.1) is 0 Å². The highest BCUT2D eigenvalue weighted by Crippen LogP contribution is 2.35. The number of nitrogen functional groups attached to an aromatic ring is 1. The highest BCUT2D eigenvalue weighted by Gasteiger charge is 2.46. The van der Waals surface area contributed by atoms with E-state index in [1.807, 2.05) is 0 Å². The zero-order chi connectivity index (χ0) is 26.4. The van der Waals surface area contributed by atoms with E-state index in [0.29, 0.717) is 36.0 Å². The molecule has 0 spiro atoms. The number of nitrogens with one attached hydrogen (secondary N) is 3. The van der Waals surface area contributed by atoms with Crippen molar-refractivity contribution >= 4 is 40.6 Å². The van der Waals surface area contributed by atoms with Crippen LogP contribution in [0.2, 0.25) is 0 Å². The van der Waals surface area contributed by atoms with E-state index in [-0.39, 0.29) is 41.6 Å². The topological polar surface area (TPSA) is 180 Å². The zero-order valence-corrected chi connectivity index (χ0v) is 21.4. The van der Waals surface area contributed by atoms with Crippen LogP contribution in [0.5, 0.6) is 0 Å². The molecule has 4 aliphatic rings. The fourth-order valence-electron chi connectivity index (χ4n) is 5.30. The van der Waals surface area contributed by atoms with Gasteiger partial charge in [0.25, 0.3) is 0 Å². The van der Waals surface area contributed by atoms with E-state index in [1.165, 1.54) is 6.33 Å². The lowest BCUT2D eigenvalue weighted by Gasteiger charge is -2.17. The number of amides is 3. The Morgan fingerprint density at radius 2 is 2.13 bits per heavy atom. The second-order valence-electron chi connectivity index (χ2n) is 9.99. The van der Waals surface area contributed by atoms with Gasteiger partial charge in [0.15, 0.2) is 6.23 Å². The van der Waals surface area contributed by atoms with Crippen molar-refractivity contribution in [3.63, 3.8) is 0 Å². The number of carbonyl (C=O) groups is 2. The van der Waals surface area contributed by atoms with E-state index in [9.17, 15) is 19.8 Å². The number of anilines is 1. The molecule has 38 heavy (non-hydrogen) atoms. The highest BCUT2D eigenvalue weighted by atomic mass is 32.2. The van der Waals surface area contributed by atoms with Crippen LogP contribution in [0.15, 0.2) is 12.5 Å². The first-order valence-electron chi connectivity index (χ1n) is 12.7. The third kappa shape index (κ3) is 4.87. The van der Waals surface area contributed by atoms with Gasteiger partial charge in [-0.2, -0.15) is 11.8 Å². The third-order valence-corrected chi connectivity index (χ3v) is 8.93. The predicted octanol–water partition coefficient (Wildman–Crippen LogP) is -1.64. The van der Waals surface area contributed by atoms with Crippen molar-refractivity contribution in [2.45, 2.75) is 54.7 Å². The number of urea groups is 1. The number of hydrogen-bond acceptors (Lipinski definition) is 10. The Kier molecular flexibility index (Phi) is 6.79. The van der Waals surface area contributed by atoms with Crippen LogP contribution in [0, 0.1) is 11.8 Å². The quantitative estimate of drug-likeness (QED) is 0.135. The lowest BCUT2D eigenvalue weighted by Crippen LogP contribution is -2.37. The number of nitrogens with zero attached hydrogens (tertiary/aromatic N) is 4. The molecule has 0 bridgehead atoms. The maximum Gasteiger partial charge on any atom is 0.315 e. The average molecular weight is 543 g/mol. The molecule has 4 unspecified atom stereocenters. The molecule has 0 aliphatic carbocycles.